The normalized spacial score (nSPS) is 29.2. The van der Waals surface area contributed by atoms with Crippen LogP contribution in [0.15, 0.2) is 77.9 Å². The van der Waals surface area contributed by atoms with Crippen LogP contribution in [0.25, 0.3) is 10.8 Å². The molecule has 37 heavy (non-hydrogen) atoms. The minimum Gasteiger partial charge on any atom is -0.490 e. The molecule has 6 atom stereocenters. The fourth-order valence-electron chi connectivity index (χ4n) is 6.75. The molecule has 0 radical (unpaired) electrons. The predicted octanol–water partition coefficient (Wildman–Crippen LogP) is 5.20. The summed E-state index contributed by atoms with van der Waals surface area (Å²) in [5.41, 5.74) is 1.83. The van der Waals surface area contributed by atoms with Crippen molar-refractivity contribution in [3.8, 4) is 11.5 Å². The highest BCUT2D eigenvalue weighted by molar-refractivity contribution is 6.06. The maximum Gasteiger partial charge on any atom is 0.254 e. The first-order valence-electron chi connectivity index (χ1n) is 13.1. The van der Waals surface area contributed by atoms with Gasteiger partial charge in [-0.05, 0) is 77.1 Å². The largest absolute Gasteiger partial charge is 0.490 e. The molecular formula is C31H28N2O4. The molecule has 8 rings (SSSR count). The average Bonchev–Trinajstić information content (AvgIpc) is 3.71. The first kappa shape index (κ1) is 22.3. The van der Waals surface area contributed by atoms with Crippen molar-refractivity contribution >= 4 is 28.8 Å². The van der Waals surface area contributed by atoms with E-state index in [0.717, 1.165) is 27.9 Å². The zero-order valence-corrected chi connectivity index (χ0v) is 20.6. The van der Waals surface area contributed by atoms with Crippen LogP contribution in [0, 0.1) is 35.5 Å². The third-order valence-electron chi connectivity index (χ3n) is 8.49. The summed E-state index contributed by atoms with van der Waals surface area (Å²) < 4.78 is 12.0. The molecular weight excluding hydrogens is 464 g/mol. The second-order valence-corrected chi connectivity index (χ2v) is 10.5. The van der Waals surface area contributed by atoms with Gasteiger partial charge < -0.3 is 9.47 Å². The van der Waals surface area contributed by atoms with Crippen molar-refractivity contribution in [2.24, 2.45) is 40.6 Å². The Labute approximate surface area is 215 Å². The molecule has 6 heteroatoms. The number of allylic oxidation sites excluding steroid dienone is 2. The Morgan fingerprint density at radius 2 is 1.62 bits per heavy atom. The number of carbonyl (C=O) groups is 2. The van der Waals surface area contributed by atoms with Crippen LogP contribution in [0.5, 0.6) is 11.5 Å². The molecule has 1 aliphatic heterocycles. The van der Waals surface area contributed by atoms with Crippen LogP contribution in [-0.4, -0.2) is 29.6 Å². The van der Waals surface area contributed by atoms with E-state index < -0.39 is 0 Å². The van der Waals surface area contributed by atoms with Crippen molar-refractivity contribution in [3.05, 3.63) is 83.9 Å². The molecule has 3 aromatic rings. The number of amides is 2. The Kier molecular flexibility index (Phi) is 5.17. The number of nitrogens with zero attached hydrogens (tertiary/aromatic N) is 2. The highest BCUT2D eigenvalue weighted by Gasteiger charge is 2.67. The van der Waals surface area contributed by atoms with Crippen LogP contribution < -0.4 is 9.47 Å². The van der Waals surface area contributed by atoms with Crippen LogP contribution in [-0.2, 0) is 16.2 Å². The van der Waals surface area contributed by atoms with Crippen LogP contribution in [0.2, 0.25) is 0 Å². The summed E-state index contributed by atoms with van der Waals surface area (Å²) >= 11 is 0. The number of rotatable bonds is 7. The van der Waals surface area contributed by atoms with Crippen LogP contribution in [0.4, 0.5) is 0 Å². The van der Waals surface area contributed by atoms with Gasteiger partial charge in [0.15, 0.2) is 11.5 Å². The lowest BCUT2D eigenvalue weighted by molar-refractivity contribution is -0.140. The van der Waals surface area contributed by atoms with Gasteiger partial charge in [0, 0.05) is 0 Å². The lowest BCUT2D eigenvalue weighted by atomic mass is 9.63. The molecule has 0 unspecified atom stereocenters. The molecule has 0 N–H and O–H groups in total. The molecule has 3 aromatic carbocycles. The highest BCUT2D eigenvalue weighted by atomic mass is 16.5. The van der Waals surface area contributed by atoms with Crippen molar-refractivity contribution in [1.29, 1.82) is 0 Å². The first-order chi connectivity index (χ1) is 18.1. The number of benzene rings is 3. The minimum absolute atomic E-state index is 0.156. The molecule has 0 spiro atoms. The van der Waals surface area contributed by atoms with Crippen molar-refractivity contribution in [1.82, 2.24) is 5.01 Å². The zero-order valence-electron chi connectivity index (χ0n) is 20.6. The summed E-state index contributed by atoms with van der Waals surface area (Å²) in [5, 5.41) is 7.80. The molecule has 0 aromatic heterocycles. The number of fused-ring (bicyclic) bond motifs is 1. The van der Waals surface area contributed by atoms with E-state index in [2.05, 4.69) is 41.5 Å². The summed E-state index contributed by atoms with van der Waals surface area (Å²) in [4.78, 5) is 26.3. The van der Waals surface area contributed by atoms with E-state index in [-0.39, 0.29) is 35.5 Å². The quantitative estimate of drug-likeness (QED) is 0.258. The Bertz CT molecular complexity index is 1440. The number of ether oxygens (including phenoxy) is 2. The van der Waals surface area contributed by atoms with E-state index in [4.69, 9.17) is 9.47 Å². The number of imide groups is 1. The molecule has 3 fully saturated rings. The molecule has 5 aliphatic rings. The second kappa shape index (κ2) is 8.58. The zero-order chi connectivity index (χ0) is 25.1. The molecule has 2 bridgehead atoms. The number of hydrogen-bond acceptors (Lipinski definition) is 5. The maximum absolute atomic E-state index is 13.2. The van der Waals surface area contributed by atoms with E-state index in [1.165, 1.54) is 5.39 Å². The number of hydrogen-bond donors (Lipinski definition) is 0. The van der Waals surface area contributed by atoms with E-state index in [0.29, 0.717) is 36.5 Å². The van der Waals surface area contributed by atoms with Gasteiger partial charge in [0.2, 0.25) is 0 Å². The molecule has 2 saturated carbocycles. The third-order valence-corrected chi connectivity index (χ3v) is 8.49. The number of hydrazone groups is 1. The molecule has 186 valence electrons. The third kappa shape index (κ3) is 3.57. The molecule has 1 heterocycles. The van der Waals surface area contributed by atoms with E-state index >= 15 is 0 Å². The Morgan fingerprint density at radius 1 is 0.892 bits per heavy atom. The fourth-order valence-corrected chi connectivity index (χ4v) is 6.75. The van der Waals surface area contributed by atoms with Crippen LogP contribution in [0.1, 0.15) is 24.5 Å². The van der Waals surface area contributed by atoms with Gasteiger partial charge in [-0.3, -0.25) is 9.59 Å². The predicted molar refractivity (Wildman–Crippen MR) is 140 cm³/mol. The van der Waals surface area contributed by atoms with Crippen LogP contribution >= 0.6 is 0 Å². The van der Waals surface area contributed by atoms with Gasteiger partial charge in [-0.2, -0.15) is 10.1 Å². The van der Waals surface area contributed by atoms with E-state index in [1.54, 1.807) is 6.21 Å². The number of carbonyl (C=O) groups excluding carboxylic acids is 2. The summed E-state index contributed by atoms with van der Waals surface area (Å²) in [6.07, 6.45) is 7.06. The Morgan fingerprint density at radius 3 is 2.38 bits per heavy atom. The van der Waals surface area contributed by atoms with E-state index in [1.807, 2.05) is 43.3 Å². The summed E-state index contributed by atoms with van der Waals surface area (Å²) in [7, 11) is 0. The van der Waals surface area contributed by atoms with Gasteiger partial charge in [0.25, 0.3) is 11.8 Å². The van der Waals surface area contributed by atoms with Gasteiger partial charge in [-0.25, -0.2) is 0 Å². The van der Waals surface area contributed by atoms with Crippen molar-refractivity contribution in [3.63, 3.8) is 0 Å². The fraction of sp³-hybridized carbons (Fsp3) is 0.323. The second-order valence-electron chi connectivity index (χ2n) is 10.5. The maximum atomic E-state index is 13.2. The molecule has 2 amide bonds. The smallest absolute Gasteiger partial charge is 0.254 e. The average molecular weight is 493 g/mol. The van der Waals surface area contributed by atoms with E-state index in [9.17, 15) is 9.59 Å². The first-order valence-corrected chi connectivity index (χ1v) is 13.1. The lowest BCUT2D eigenvalue weighted by Crippen LogP contribution is -2.40. The highest BCUT2D eigenvalue weighted by Crippen LogP contribution is 2.65. The van der Waals surface area contributed by atoms with Crippen molar-refractivity contribution in [2.75, 3.05) is 6.61 Å². The summed E-state index contributed by atoms with van der Waals surface area (Å²) in [5.74, 6) is 1.97. The van der Waals surface area contributed by atoms with Gasteiger partial charge in [-0.15, -0.1) is 0 Å². The van der Waals surface area contributed by atoms with Gasteiger partial charge >= 0.3 is 0 Å². The van der Waals surface area contributed by atoms with Gasteiger partial charge in [0.05, 0.1) is 24.7 Å². The summed E-state index contributed by atoms with van der Waals surface area (Å²) in [6, 6.07) is 20.0. The molecule has 6 nitrogen and oxygen atoms in total. The standard InChI is InChI=1S/C31H28N2O4/c1-2-36-27-14-18(10-13-26(27)37-17-20-8-5-7-19-6-3-4-9-21(19)20)16-32-33-30(34)28-22-11-12-23(25-15-24(22)25)29(28)31(33)35/h3-14,16,22-25,28-29H,2,15,17H2,1H3/b32-16-/t22-,23-,24-,25-,28-,29+/m0/s1. The minimum atomic E-state index is -0.243. The SMILES string of the molecule is CCOc1cc(/C=N\N2C(=O)[C@@H]3[C@H]4C=C[C@@H]([C@@H]5C[C@@H]45)[C@@H]3C2=O)ccc1OCc1cccc2ccccc12. The Hall–Kier alpha value is -3.93. The van der Waals surface area contributed by atoms with Gasteiger partial charge in [-0.1, -0.05) is 54.6 Å². The topological polar surface area (TPSA) is 68.2 Å². The monoisotopic (exact) mass is 492 g/mol. The van der Waals surface area contributed by atoms with Gasteiger partial charge in [0.1, 0.15) is 6.61 Å². The Balaban J connectivity index is 1.10. The molecule has 4 aliphatic carbocycles. The lowest BCUT2D eigenvalue weighted by Gasteiger charge is -2.37. The van der Waals surface area contributed by atoms with Crippen LogP contribution in [0.3, 0.4) is 0 Å². The molecule has 1 saturated heterocycles. The summed E-state index contributed by atoms with van der Waals surface area (Å²) in [6.45, 7) is 2.81. The van der Waals surface area contributed by atoms with Crippen molar-refractivity contribution in [2.45, 2.75) is 20.0 Å². The van der Waals surface area contributed by atoms with Crippen molar-refractivity contribution < 1.29 is 19.1 Å².